The van der Waals surface area contributed by atoms with Crippen molar-refractivity contribution in [1.29, 1.82) is 0 Å². The molecule has 98 valence electrons. The fourth-order valence-corrected chi connectivity index (χ4v) is 2.60. The zero-order valence-corrected chi connectivity index (χ0v) is 10.8. The molecule has 0 spiro atoms. The number of hydrogen-bond donors (Lipinski definition) is 2. The van der Waals surface area contributed by atoms with E-state index >= 15 is 0 Å². The fraction of sp³-hybridized carbons (Fsp3) is 0.846. The van der Waals surface area contributed by atoms with Crippen molar-refractivity contribution in [2.24, 2.45) is 5.92 Å². The number of carboxylic acids is 1. The number of aliphatic carboxylic acids is 1. The summed E-state index contributed by atoms with van der Waals surface area (Å²) in [5, 5.41) is 12.0. The van der Waals surface area contributed by atoms with Crippen molar-refractivity contribution in [2.45, 2.75) is 64.3 Å². The summed E-state index contributed by atoms with van der Waals surface area (Å²) in [6, 6.07) is 0. The maximum absolute atomic E-state index is 11.8. The lowest BCUT2D eigenvalue weighted by molar-refractivity contribution is -0.147. The average molecular weight is 241 g/mol. The molecule has 1 aliphatic carbocycles. The van der Waals surface area contributed by atoms with Crippen LogP contribution in [0.25, 0.3) is 0 Å². The summed E-state index contributed by atoms with van der Waals surface area (Å²) in [7, 11) is 0. The molecule has 0 bridgehead atoms. The molecule has 0 aromatic carbocycles. The Balaban J connectivity index is 2.51. The van der Waals surface area contributed by atoms with Gasteiger partial charge in [0.15, 0.2) is 0 Å². The maximum atomic E-state index is 11.8. The smallest absolute Gasteiger partial charge is 0.329 e. The summed E-state index contributed by atoms with van der Waals surface area (Å²) >= 11 is 0. The van der Waals surface area contributed by atoms with Gasteiger partial charge in [0.1, 0.15) is 5.54 Å². The minimum Gasteiger partial charge on any atom is -0.480 e. The van der Waals surface area contributed by atoms with Gasteiger partial charge in [0.05, 0.1) is 0 Å². The van der Waals surface area contributed by atoms with Crippen LogP contribution >= 0.6 is 0 Å². The quantitative estimate of drug-likeness (QED) is 0.750. The molecule has 4 heteroatoms. The highest BCUT2D eigenvalue weighted by molar-refractivity contribution is 5.87. The van der Waals surface area contributed by atoms with Crippen LogP contribution in [0.5, 0.6) is 0 Å². The Morgan fingerprint density at radius 3 is 2.41 bits per heavy atom. The minimum atomic E-state index is -0.983. The number of carbonyl (C=O) groups excluding carboxylic acids is 1. The maximum Gasteiger partial charge on any atom is 0.329 e. The van der Waals surface area contributed by atoms with Gasteiger partial charge in [-0.2, -0.15) is 0 Å². The van der Waals surface area contributed by atoms with Gasteiger partial charge >= 0.3 is 5.97 Å². The van der Waals surface area contributed by atoms with E-state index in [1.54, 1.807) is 0 Å². The molecule has 0 aromatic heterocycles. The number of carbonyl (C=O) groups is 2. The average Bonchev–Trinajstić information content (AvgIpc) is 2.67. The SMILES string of the molecule is CCCC(C)CC(=O)NC1(C(=O)O)CCCC1. The Labute approximate surface area is 103 Å². The standard InChI is InChI=1S/C13H23NO3/c1-3-6-10(2)9-11(15)14-13(12(16)17)7-4-5-8-13/h10H,3-9H2,1-2H3,(H,14,15)(H,16,17). The van der Waals surface area contributed by atoms with Crippen molar-refractivity contribution in [3.05, 3.63) is 0 Å². The van der Waals surface area contributed by atoms with E-state index in [0.717, 1.165) is 25.7 Å². The first-order valence-corrected chi connectivity index (χ1v) is 6.54. The molecule has 1 fully saturated rings. The van der Waals surface area contributed by atoms with Crippen molar-refractivity contribution in [1.82, 2.24) is 5.32 Å². The zero-order valence-electron chi connectivity index (χ0n) is 10.8. The summed E-state index contributed by atoms with van der Waals surface area (Å²) in [5.41, 5.74) is -0.983. The molecule has 1 unspecified atom stereocenters. The topological polar surface area (TPSA) is 66.4 Å². The van der Waals surface area contributed by atoms with Gasteiger partial charge in [-0.3, -0.25) is 4.79 Å². The summed E-state index contributed by atoms with van der Waals surface area (Å²) in [6.45, 7) is 4.12. The molecule has 2 N–H and O–H groups in total. The highest BCUT2D eigenvalue weighted by Gasteiger charge is 2.42. The van der Waals surface area contributed by atoms with Crippen LogP contribution in [0.15, 0.2) is 0 Å². The van der Waals surface area contributed by atoms with Crippen LogP contribution in [0, 0.1) is 5.92 Å². The molecule has 1 amide bonds. The van der Waals surface area contributed by atoms with Crippen molar-refractivity contribution in [2.75, 3.05) is 0 Å². The first kappa shape index (κ1) is 14.0. The Morgan fingerprint density at radius 1 is 1.35 bits per heavy atom. The molecule has 4 nitrogen and oxygen atoms in total. The van der Waals surface area contributed by atoms with E-state index in [4.69, 9.17) is 0 Å². The van der Waals surface area contributed by atoms with Gasteiger partial charge in [-0.05, 0) is 18.8 Å². The Morgan fingerprint density at radius 2 is 1.94 bits per heavy atom. The van der Waals surface area contributed by atoms with Crippen LogP contribution in [-0.2, 0) is 9.59 Å². The van der Waals surface area contributed by atoms with Crippen LogP contribution < -0.4 is 5.32 Å². The van der Waals surface area contributed by atoms with E-state index < -0.39 is 11.5 Å². The van der Waals surface area contributed by atoms with Crippen molar-refractivity contribution in [3.8, 4) is 0 Å². The number of amides is 1. The Hall–Kier alpha value is -1.06. The van der Waals surface area contributed by atoms with Crippen LogP contribution in [0.2, 0.25) is 0 Å². The van der Waals surface area contributed by atoms with Crippen LogP contribution in [0.3, 0.4) is 0 Å². The normalized spacial score (nSPS) is 19.9. The van der Waals surface area contributed by atoms with Gasteiger partial charge in [0, 0.05) is 6.42 Å². The second-order valence-electron chi connectivity index (χ2n) is 5.24. The summed E-state index contributed by atoms with van der Waals surface area (Å²) in [4.78, 5) is 23.1. The first-order valence-electron chi connectivity index (χ1n) is 6.54. The van der Waals surface area contributed by atoms with E-state index in [2.05, 4.69) is 12.2 Å². The van der Waals surface area contributed by atoms with E-state index in [0.29, 0.717) is 25.2 Å². The molecule has 0 aliphatic heterocycles. The van der Waals surface area contributed by atoms with Crippen molar-refractivity contribution in [3.63, 3.8) is 0 Å². The molecule has 0 heterocycles. The van der Waals surface area contributed by atoms with Crippen LogP contribution in [-0.4, -0.2) is 22.5 Å². The molecular weight excluding hydrogens is 218 g/mol. The summed E-state index contributed by atoms with van der Waals surface area (Å²) in [6.07, 6.45) is 5.40. The molecule has 0 aromatic rings. The van der Waals surface area contributed by atoms with Crippen molar-refractivity contribution < 1.29 is 14.7 Å². The lowest BCUT2D eigenvalue weighted by Crippen LogP contribution is -2.52. The van der Waals surface area contributed by atoms with E-state index in [1.165, 1.54) is 0 Å². The third kappa shape index (κ3) is 3.72. The molecule has 1 rings (SSSR count). The fourth-order valence-electron chi connectivity index (χ4n) is 2.60. The molecule has 1 aliphatic rings. The number of hydrogen-bond acceptors (Lipinski definition) is 2. The number of carboxylic acid groups (broad SMARTS) is 1. The third-order valence-corrected chi connectivity index (χ3v) is 3.56. The number of rotatable bonds is 6. The molecule has 0 radical (unpaired) electrons. The van der Waals surface area contributed by atoms with Gasteiger partial charge in [-0.25, -0.2) is 4.79 Å². The van der Waals surface area contributed by atoms with Gasteiger partial charge in [-0.1, -0.05) is 39.5 Å². The largest absolute Gasteiger partial charge is 0.480 e. The van der Waals surface area contributed by atoms with Crippen molar-refractivity contribution >= 4 is 11.9 Å². The molecule has 17 heavy (non-hydrogen) atoms. The van der Waals surface area contributed by atoms with Gasteiger partial charge < -0.3 is 10.4 Å². The first-order chi connectivity index (χ1) is 8.00. The molecule has 1 atom stereocenters. The molecule has 0 saturated heterocycles. The molecular formula is C13H23NO3. The Kier molecular flexibility index (Phi) is 4.97. The van der Waals surface area contributed by atoms with Gasteiger partial charge in [0.25, 0.3) is 0 Å². The second kappa shape index (κ2) is 6.03. The lowest BCUT2D eigenvalue weighted by Gasteiger charge is -2.26. The van der Waals surface area contributed by atoms with E-state index in [-0.39, 0.29) is 5.91 Å². The highest BCUT2D eigenvalue weighted by atomic mass is 16.4. The predicted octanol–water partition coefficient (Wildman–Crippen LogP) is 2.33. The minimum absolute atomic E-state index is 0.116. The summed E-state index contributed by atoms with van der Waals surface area (Å²) in [5.74, 6) is -0.672. The van der Waals surface area contributed by atoms with Crippen LogP contribution in [0.1, 0.15) is 58.8 Å². The number of nitrogens with one attached hydrogen (secondary N) is 1. The second-order valence-corrected chi connectivity index (χ2v) is 5.24. The van der Waals surface area contributed by atoms with Gasteiger partial charge in [-0.15, -0.1) is 0 Å². The monoisotopic (exact) mass is 241 g/mol. The molecule has 1 saturated carbocycles. The zero-order chi connectivity index (χ0) is 12.9. The van der Waals surface area contributed by atoms with E-state index in [9.17, 15) is 14.7 Å². The Bertz CT molecular complexity index is 282. The lowest BCUT2D eigenvalue weighted by atomic mass is 9.96. The third-order valence-electron chi connectivity index (χ3n) is 3.56. The van der Waals surface area contributed by atoms with Gasteiger partial charge in [0.2, 0.25) is 5.91 Å². The summed E-state index contributed by atoms with van der Waals surface area (Å²) < 4.78 is 0. The van der Waals surface area contributed by atoms with Crippen LogP contribution in [0.4, 0.5) is 0 Å². The predicted molar refractivity (Wildman–Crippen MR) is 65.7 cm³/mol. The van der Waals surface area contributed by atoms with E-state index in [1.807, 2.05) is 6.92 Å². The highest BCUT2D eigenvalue weighted by Crippen LogP contribution is 2.30.